The molecule has 90 valence electrons. The molecule has 0 aromatic carbocycles. The highest BCUT2D eigenvalue weighted by Gasteiger charge is 2.48. The van der Waals surface area contributed by atoms with Crippen LogP contribution in [-0.4, -0.2) is 29.5 Å². The molecule has 0 saturated heterocycles. The standard InChI is InChI=1S/C11H19N3O2/c1-7-13-14-10(16-7)6-12-8-5-9(15-4)11(8,2)3/h8-9,12H,5-6H2,1-4H3. The van der Waals surface area contributed by atoms with Crippen LogP contribution in [0.1, 0.15) is 32.0 Å². The Labute approximate surface area is 95.6 Å². The number of hydrogen-bond acceptors (Lipinski definition) is 5. The van der Waals surface area contributed by atoms with Crippen molar-refractivity contribution in [3.05, 3.63) is 11.8 Å². The molecule has 1 heterocycles. The van der Waals surface area contributed by atoms with Gasteiger partial charge in [0, 0.05) is 25.5 Å². The topological polar surface area (TPSA) is 60.2 Å². The van der Waals surface area contributed by atoms with Crippen molar-refractivity contribution in [1.82, 2.24) is 15.5 Å². The summed E-state index contributed by atoms with van der Waals surface area (Å²) < 4.78 is 10.7. The number of methoxy groups -OCH3 is 1. The van der Waals surface area contributed by atoms with Crippen LogP contribution in [0.2, 0.25) is 0 Å². The van der Waals surface area contributed by atoms with Gasteiger partial charge in [0.2, 0.25) is 11.8 Å². The Morgan fingerprint density at radius 3 is 2.75 bits per heavy atom. The summed E-state index contributed by atoms with van der Waals surface area (Å²) >= 11 is 0. The number of aromatic nitrogens is 2. The van der Waals surface area contributed by atoms with E-state index < -0.39 is 0 Å². The molecule has 1 aliphatic carbocycles. The van der Waals surface area contributed by atoms with E-state index in [1.807, 2.05) is 0 Å². The lowest BCUT2D eigenvalue weighted by Crippen LogP contribution is -2.60. The molecule has 1 fully saturated rings. The maximum absolute atomic E-state index is 5.40. The van der Waals surface area contributed by atoms with E-state index in [0.717, 1.165) is 6.42 Å². The van der Waals surface area contributed by atoms with Gasteiger partial charge >= 0.3 is 0 Å². The van der Waals surface area contributed by atoms with Gasteiger partial charge in [-0.15, -0.1) is 10.2 Å². The average Bonchev–Trinajstić information content (AvgIpc) is 2.63. The molecule has 0 amide bonds. The molecule has 0 aliphatic heterocycles. The minimum atomic E-state index is 0.170. The van der Waals surface area contributed by atoms with Crippen LogP contribution in [0.25, 0.3) is 0 Å². The summed E-state index contributed by atoms with van der Waals surface area (Å²) in [5, 5.41) is 11.2. The van der Waals surface area contributed by atoms with Crippen LogP contribution >= 0.6 is 0 Å². The van der Waals surface area contributed by atoms with Crippen molar-refractivity contribution in [1.29, 1.82) is 0 Å². The lowest BCUT2D eigenvalue weighted by Gasteiger charge is -2.51. The smallest absolute Gasteiger partial charge is 0.230 e. The number of hydrogen-bond donors (Lipinski definition) is 1. The lowest BCUT2D eigenvalue weighted by molar-refractivity contribution is -0.0983. The average molecular weight is 225 g/mol. The first-order valence-electron chi connectivity index (χ1n) is 5.59. The molecule has 5 heteroatoms. The molecule has 1 aliphatic rings. The van der Waals surface area contributed by atoms with Crippen molar-refractivity contribution in [3.63, 3.8) is 0 Å². The second kappa shape index (κ2) is 4.14. The predicted octanol–water partition coefficient (Wildman–Crippen LogP) is 1.28. The molecule has 2 rings (SSSR count). The first kappa shape index (κ1) is 11.5. The molecular weight excluding hydrogens is 206 g/mol. The van der Waals surface area contributed by atoms with Crippen molar-refractivity contribution in [2.45, 2.75) is 45.9 Å². The quantitative estimate of drug-likeness (QED) is 0.836. The number of nitrogens with zero attached hydrogens (tertiary/aromatic N) is 2. The molecule has 1 N–H and O–H groups in total. The highest BCUT2D eigenvalue weighted by atomic mass is 16.5. The number of ether oxygens (including phenoxy) is 1. The maximum atomic E-state index is 5.40. The second-order valence-electron chi connectivity index (χ2n) is 4.93. The highest BCUT2D eigenvalue weighted by Crippen LogP contribution is 2.42. The maximum Gasteiger partial charge on any atom is 0.230 e. The van der Waals surface area contributed by atoms with Gasteiger partial charge in [-0.25, -0.2) is 0 Å². The van der Waals surface area contributed by atoms with E-state index in [0.29, 0.717) is 30.5 Å². The zero-order chi connectivity index (χ0) is 11.8. The summed E-state index contributed by atoms with van der Waals surface area (Å²) in [5.41, 5.74) is 0.170. The molecule has 1 aromatic heterocycles. The van der Waals surface area contributed by atoms with Gasteiger partial charge in [0.25, 0.3) is 0 Å². The van der Waals surface area contributed by atoms with E-state index in [1.54, 1.807) is 14.0 Å². The molecule has 2 unspecified atom stereocenters. The Bertz CT molecular complexity index is 362. The van der Waals surface area contributed by atoms with Gasteiger partial charge in [-0.05, 0) is 6.42 Å². The number of nitrogens with one attached hydrogen (secondary N) is 1. The molecule has 0 radical (unpaired) electrons. The van der Waals surface area contributed by atoms with Crippen LogP contribution in [0.5, 0.6) is 0 Å². The van der Waals surface area contributed by atoms with Crippen molar-refractivity contribution in [2.75, 3.05) is 7.11 Å². The summed E-state index contributed by atoms with van der Waals surface area (Å²) in [6.07, 6.45) is 1.38. The Morgan fingerprint density at radius 1 is 1.50 bits per heavy atom. The van der Waals surface area contributed by atoms with Gasteiger partial charge in [-0.2, -0.15) is 0 Å². The monoisotopic (exact) mass is 225 g/mol. The predicted molar refractivity (Wildman–Crippen MR) is 58.9 cm³/mol. The van der Waals surface area contributed by atoms with Crippen LogP contribution in [-0.2, 0) is 11.3 Å². The molecule has 2 atom stereocenters. The zero-order valence-corrected chi connectivity index (χ0v) is 10.3. The summed E-state index contributed by atoms with van der Waals surface area (Å²) in [6, 6.07) is 0.449. The van der Waals surface area contributed by atoms with E-state index in [-0.39, 0.29) is 5.41 Å². The van der Waals surface area contributed by atoms with Crippen molar-refractivity contribution in [3.8, 4) is 0 Å². The van der Waals surface area contributed by atoms with Gasteiger partial charge in [0.15, 0.2) is 0 Å². The third-order valence-corrected chi connectivity index (χ3v) is 3.53. The van der Waals surface area contributed by atoms with E-state index >= 15 is 0 Å². The Balaban J connectivity index is 1.84. The third-order valence-electron chi connectivity index (χ3n) is 3.53. The Morgan fingerprint density at radius 2 is 2.25 bits per heavy atom. The normalized spacial score (nSPS) is 27.8. The largest absolute Gasteiger partial charge is 0.424 e. The molecule has 0 spiro atoms. The van der Waals surface area contributed by atoms with Crippen molar-refractivity contribution < 1.29 is 9.15 Å². The fourth-order valence-electron chi connectivity index (χ4n) is 2.25. The van der Waals surface area contributed by atoms with Crippen LogP contribution in [0, 0.1) is 12.3 Å². The lowest BCUT2D eigenvalue weighted by atomic mass is 9.64. The van der Waals surface area contributed by atoms with Gasteiger partial charge < -0.3 is 14.5 Å². The van der Waals surface area contributed by atoms with Gasteiger partial charge in [-0.1, -0.05) is 13.8 Å². The second-order valence-corrected chi connectivity index (χ2v) is 4.93. The minimum Gasteiger partial charge on any atom is -0.424 e. The number of aryl methyl sites for hydroxylation is 1. The van der Waals surface area contributed by atoms with Crippen LogP contribution in [0.15, 0.2) is 4.42 Å². The molecule has 0 bridgehead atoms. The molecular formula is C11H19N3O2. The van der Waals surface area contributed by atoms with Gasteiger partial charge in [0.05, 0.1) is 12.6 Å². The SMILES string of the molecule is COC1CC(NCc2nnc(C)o2)C1(C)C. The minimum absolute atomic E-state index is 0.170. The molecule has 1 aromatic rings. The van der Waals surface area contributed by atoms with Gasteiger partial charge in [0.1, 0.15) is 0 Å². The van der Waals surface area contributed by atoms with E-state index in [9.17, 15) is 0 Å². The summed E-state index contributed by atoms with van der Waals surface area (Å²) in [4.78, 5) is 0. The molecule has 16 heavy (non-hydrogen) atoms. The fourth-order valence-corrected chi connectivity index (χ4v) is 2.25. The summed E-state index contributed by atoms with van der Waals surface area (Å²) in [5.74, 6) is 1.26. The van der Waals surface area contributed by atoms with Crippen LogP contribution in [0.3, 0.4) is 0 Å². The van der Waals surface area contributed by atoms with E-state index in [2.05, 4.69) is 29.4 Å². The van der Waals surface area contributed by atoms with Gasteiger partial charge in [-0.3, -0.25) is 0 Å². The first-order valence-corrected chi connectivity index (χ1v) is 5.59. The first-order chi connectivity index (χ1) is 7.54. The van der Waals surface area contributed by atoms with E-state index in [1.165, 1.54) is 0 Å². The molecule has 5 nitrogen and oxygen atoms in total. The summed E-state index contributed by atoms with van der Waals surface area (Å²) in [6.45, 7) is 6.85. The Hall–Kier alpha value is -0.940. The highest BCUT2D eigenvalue weighted by molar-refractivity contribution is 5.02. The van der Waals surface area contributed by atoms with Crippen molar-refractivity contribution >= 4 is 0 Å². The third kappa shape index (κ3) is 1.97. The fraction of sp³-hybridized carbons (Fsp3) is 0.818. The number of rotatable bonds is 4. The van der Waals surface area contributed by atoms with Crippen LogP contribution in [0.4, 0.5) is 0 Å². The Kier molecular flexibility index (Phi) is 2.99. The zero-order valence-electron chi connectivity index (χ0n) is 10.3. The molecule has 1 saturated carbocycles. The van der Waals surface area contributed by atoms with Crippen molar-refractivity contribution in [2.24, 2.45) is 5.41 Å². The summed E-state index contributed by atoms with van der Waals surface area (Å²) in [7, 11) is 1.77. The van der Waals surface area contributed by atoms with E-state index in [4.69, 9.17) is 9.15 Å². The van der Waals surface area contributed by atoms with Crippen LogP contribution < -0.4 is 5.32 Å².